The standard InChI is InChI=1S/C11H15F3N2O2S/c1-2-15-4-3-5-19(17,18)16-11-7-9(13)8(12)6-10(11)14/h6-7,15-16H,2-5H2,1H3. The molecule has 0 aliphatic carbocycles. The van der Waals surface area contributed by atoms with Gasteiger partial charge in [-0.25, -0.2) is 21.6 Å². The molecule has 0 spiro atoms. The zero-order chi connectivity index (χ0) is 14.5. The minimum absolute atomic E-state index is 0.238. The van der Waals surface area contributed by atoms with Crippen LogP contribution in [0.25, 0.3) is 0 Å². The van der Waals surface area contributed by atoms with Crippen LogP contribution in [0.4, 0.5) is 18.9 Å². The first-order chi connectivity index (χ1) is 8.85. The number of nitrogens with one attached hydrogen (secondary N) is 2. The van der Waals surface area contributed by atoms with Crippen molar-refractivity contribution in [1.29, 1.82) is 0 Å². The molecule has 1 aromatic rings. The summed E-state index contributed by atoms with van der Waals surface area (Å²) in [6, 6.07) is 0.776. The molecule has 0 amide bonds. The van der Waals surface area contributed by atoms with Crippen LogP contribution in [-0.2, 0) is 10.0 Å². The van der Waals surface area contributed by atoms with Gasteiger partial charge in [0.25, 0.3) is 0 Å². The number of hydrogen-bond acceptors (Lipinski definition) is 3. The van der Waals surface area contributed by atoms with Gasteiger partial charge in [0.05, 0.1) is 11.4 Å². The Morgan fingerprint density at radius 2 is 1.74 bits per heavy atom. The quantitative estimate of drug-likeness (QED) is 0.596. The molecule has 2 N–H and O–H groups in total. The molecule has 1 aromatic carbocycles. The van der Waals surface area contributed by atoms with Crippen LogP contribution in [0.5, 0.6) is 0 Å². The van der Waals surface area contributed by atoms with E-state index in [2.05, 4.69) is 5.32 Å². The molecule has 0 heterocycles. The lowest BCUT2D eigenvalue weighted by molar-refractivity contribution is 0.496. The van der Waals surface area contributed by atoms with Crippen molar-refractivity contribution in [2.24, 2.45) is 0 Å². The van der Waals surface area contributed by atoms with Crippen molar-refractivity contribution >= 4 is 15.7 Å². The Balaban J connectivity index is 2.70. The SMILES string of the molecule is CCNCCCS(=O)(=O)Nc1cc(F)c(F)cc1F. The van der Waals surface area contributed by atoms with E-state index in [1.807, 2.05) is 11.6 Å². The van der Waals surface area contributed by atoms with E-state index in [0.29, 0.717) is 31.6 Å². The van der Waals surface area contributed by atoms with Crippen LogP contribution in [0.3, 0.4) is 0 Å². The minimum Gasteiger partial charge on any atom is -0.317 e. The van der Waals surface area contributed by atoms with Crippen LogP contribution in [0, 0.1) is 17.5 Å². The maximum absolute atomic E-state index is 13.3. The van der Waals surface area contributed by atoms with E-state index in [1.54, 1.807) is 0 Å². The van der Waals surface area contributed by atoms with Crippen molar-refractivity contribution in [1.82, 2.24) is 5.32 Å². The maximum Gasteiger partial charge on any atom is 0.232 e. The number of sulfonamides is 1. The first-order valence-electron chi connectivity index (χ1n) is 5.71. The lowest BCUT2D eigenvalue weighted by Gasteiger charge is -2.09. The van der Waals surface area contributed by atoms with E-state index in [1.165, 1.54) is 0 Å². The molecule has 0 aromatic heterocycles. The lowest BCUT2D eigenvalue weighted by Crippen LogP contribution is -2.22. The second-order valence-electron chi connectivity index (χ2n) is 3.87. The fourth-order valence-electron chi connectivity index (χ4n) is 1.38. The van der Waals surface area contributed by atoms with E-state index >= 15 is 0 Å². The third-order valence-corrected chi connectivity index (χ3v) is 3.65. The predicted molar refractivity (Wildman–Crippen MR) is 66.9 cm³/mol. The van der Waals surface area contributed by atoms with Gasteiger partial charge in [0, 0.05) is 12.1 Å². The molecule has 0 unspecified atom stereocenters. The second-order valence-corrected chi connectivity index (χ2v) is 5.72. The van der Waals surface area contributed by atoms with Gasteiger partial charge >= 0.3 is 0 Å². The zero-order valence-electron chi connectivity index (χ0n) is 10.3. The molecule has 19 heavy (non-hydrogen) atoms. The van der Waals surface area contributed by atoms with Crippen molar-refractivity contribution in [2.75, 3.05) is 23.6 Å². The second kappa shape index (κ2) is 6.76. The highest BCUT2D eigenvalue weighted by atomic mass is 32.2. The summed E-state index contributed by atoms with van der Waals surface area (Å²) in [5.74, 6) is -4.08. The Bertz CT molecular complexity index is 535. The molecule has 4 nitrogen and oxygen atoms in total. The first-order valence-corrected chi connectivity index (χ1v) is 7.36. The summed E-state index contributed by atoms with van der Waals surface area (Å²) in [4.78, 5) is 0. The highest BCUT2D eigenvalue weighted by Gasteiger charge is 2.15. The Hall–Kier alpha value is -1.28. The predicted octanol–water partition coefficient (Wildman–Crippen LogP) is 1.85. The fraction of sp³-hybridized carbons (Fsp3) is 0.455. The monoisotopic (exact) mass is 296 g/mol. The van der Waals surface area contributed by atoms with Crippen LogP contribution >= 0.6 is 0 Å². The molecule has 0 radical (unpaired) electrons. The average molecular weight is 296 g/mol. The van der Waals surface area contributed by atoms with Gasteiger partial charge in [-0.1, -0.05) is 6.92 Å². The van der Waals surface area contributed by atoms with E-state index < -0.39 is 33.2 Å². The van der Waals surface area contributed by atoms with Crippen LogP contribution in [0.1, 0.15) is 13.3 Å². The number of halogens is 3. The smallest absolute Gasteiger partial charge is 0.232 e. The largest absolute Gasteiger partial charge is 0.317 e. The highest BCUT2D eigenvalue weighted by Crippen LogP contribution is 2.19. The third-order valence-electron chi connectivity index (χ3n) is 2.29. The van der Waals surface area contributed by atoms with Gasteiger partial charge in [0.2, 0.25) is 10.0 Å². The molecular formula is C11H15F3N2O2S. The summed E-state index contributed by atoms with van der Waals surface area (Å²) in [5.41, 5.74) is -0.595. The van der Waals surface area contributed by atoms with Crippen molar-refractivity contribution in [3.8, 4) is 0 Å². The van der Waals surface area contributed by atoms with Crippen molar-refractivity contribution in [3.05, 3.63) is 29.6 Å². The molecule has 8 heteroatoms. The molecule has 0 aliphatic rings. The van der Waals surface area contributed by atoms with Gasteiger partial charge in [-0.3, -0.25) is 4.72 Å². The summed E-state index contributed by atoms with van der Waals surface area (Å²) in [6.45, 7) is 3.09. The first kappa shape index (κ1) is 15.8. The van der Waals surface area contributed by atoms with Crippen LogP contribution in [-0.4, -0.2) is 27.3 Å². The molecule has 1 rings (SSSR count). The Morgan fingerprint density at radius 3 is 2.37 bits per heavy atom. The van der Waals surface area contributed by atoms with Gasteiger partial charge < -0.3 is 5.32 Å². The van der Waals surface area contributed by atoms with Crippen LogP contribution < -0.4 is 10.0 Å². The molecular weight excluding hydrogens is 281 g/mol. The Labute approximate surface area is 110 Å². The summed E-state index contributed by atoms with van der Waals surface area (Å²) in [7, 11) is -3.79. The maximum atomic E-state index is 13.3. The normalized spacial score (nSPS) is 11.6. The number of benzene rings is 1. The summed E-state index contributed by atoms with van der Waals surface area (Å²) < 4.78 is 63.9. The summed E-state index contributed by atoms with van der Waals surface area (Å²) in [5, 5.41) is 2.94. The van der Waals surface area contributed by atoms with E-state index in [4.69, 9.17) is 0 Å². The number of hydrogen-bond donors (Lipinski definition) is 2. The molecule has 0 saturated heterocycles. The topological polar surface area (TPSA) is 58.2 Å². The average Bonchev–Trinajstić information content (AvgIpc) is 2.31. The lowest BCUT2D eigenvalue weighted by atomic mass is 10.3. The number of rotatable bonds is 7. The fourth-order valence-corrected chi connectivity index (χ4v) is 2.50. The molecule has 0 fully saturated rings. The molecule has 0 atom stereocenters. The molecule has 0 saturated carbocycles. The minimum atomic E-state index is -3.79. The van der Waals surface area contributed by atoms with Gasteiger partial charge in [-0.05, 0) is 19.5 Å². The van der Waals surface area contributed by atoms with Crippen LogP contribution in [0.2, 0.25) is 0 Å². The van der Waals surface area contributed by atoms with E-state index in [0.717, 1.165) is 0 Å². The van der Waals surface area contributed by atoms with Gasteiger partial charge in [0.1, 0.15) is 5.82 Å². The van der Waals surface area contributed by atoms with Crippen molar-refractivity contribution in [2.45, 2.75) is 13.3 Å². The Kier molecular flexibility index (Phi) is 5.61. The summed E-state index contributed by atoms with van der Waals surface area (Å²) >= 11 is 0. The molecule has 108 valence electrons. The number of anilines is 1. The van der Waals surface area contributed by atoms with E-state index in [9.17, 15) is 21.6 Å². The van der Waals surface area contributed by atoms with Crippen LogP contribution in [0.15, 0.2) is 12.1 Å². The van der Waals surface area contributed by atoms with Gasteiger partial charge in [-0.2, -0.15) is 0 Å². The zero-order valence-corrected chi connectivity index (χ0v) is 11.2. The molecule has 0 aliphatic heterocycles. The summed E-state index contributed by atoms with van der Waals surface area (Å²) in [6.07, 6.45) is 0.328. The van der Waals surface area contributed by atoms with Crippen molar-refractivity contribution < 1.29 is 21.6 Å². The third kappa shape index (κ3) is 5.07. The van der Waals surface area contributed by atoms with Gasteiger partial charge in [0.15, 0.2) is 11.6 Å². The highest BCUT2D eigenvalue weighted by molar-refractivity contribution is 7.92. The van der Waals surface area contributed by atoms with Gasteiger partial charge in [-0.15, -0.1) is 0 Å². The van der Waals surface area contributed by atoms with E-state index in [-0.39, 0.29) is 5.75 Å². The van der Waals surface area contributed by atoms with Crippen molar-refractivity contribution in [3.63, 3.8) is 0 Å². The Morgan fingerprint density at radius 1 is 1.11 bits per heavy atom. The molecule has 0 bridgehead atoms.